The van der Waals surface area contributed by atoms with Gasteiger partial charge in [0.25, 0.3) is 15.0 Å². The van der Waals surface area contributed by atoms with Crippen LogP contribution < -0.4 is 0 Å². The van der Waals surface area contributed by atoms with E-state index in [1.54, 1.807) is 19.1 Å². The summed E-state index contributed by atoms with van der Waals surface area (Å²) in [5, 5.41) is 0. The van der Waals surface area contributed by atoms with Gasteiger partial charge in [0.2, 0.25) is 0 Å². The molecule has 0 N–H and O–H groups in total. The van der Waals surface area contributed by atoms with Gasteiger partial charge in [0.05, 0.1) is 10.5 Å². The summed E-state index contributed by atoms with van der Waals surface area (Å²) >= 11 is 0. The maximum Gasteiger partial charge on any atom is 0.262 e. The molecule has 0 saturated heterocycles. The number of nitrogens with zero attached hydrogens (tertiary/aromatic N) is 1. The van der Waals surface area contributed by atoms with Crippen molar-refractivity contribution in [3.63, 3.8) is 0 Å². The second-order valence-corrected chi connectivity index (χ2v) is 6.60. The molecule has 0 saturated carbocycles. The third kappa shape index (κ3) is 3.81. The summed E-state index contributed by atoms with van der Waals surface area (Å²) in [6, 6.07) is 4.49. The standard InChI is InChI=1S/C13H16ClNO3S/c1-4-8-15(5-2)13(16)11-9-10(3)6-7-12(11)19(14,17)18/h4,6-7,9H,1,5,8H2,2-3H3. The molecule has 0 fully saturated rings. The van der Waals surface area contributed by atoms with Gasteiger partial charge in [-0.05, 0) is 26.0 Å². The molecule has 0 atom stereocenters. The molecule has 1 rings (SSSR count). The van der Waals surface area contributed by atoms with Gasteiger partial charge in [-0.3, -0.25) is 4.79 Å². The van der Waals surface area contributed by atoms with E-state index in [2.05, 4.69) is 6.58 Å². The van der Waals surface area contributed by atoms with Gasteiger partial charge in [0.1, 0.15) is 0 Å². The molecule has 4 nitrogen and oxygen atoms in total. The Balaban J connectivity index is 3.36. The van der Waals surface area contributed by atoms with Crippen LogP contribution in [0, 0.1) is 6.92 Å². The Morgan fingerprint density at radius 3 is 2.58 bits per heavy atom. The Bertz CT molecular complexity index is 596. The topological polar surface area (TPSA) is 54.5 Å². The van der Waals surface area contributed by atoms with Crippen LogP contribution in [0.5, 0.6) is 0 Å². The second-order valence-electron chi connectivity index (χ2n) is 4.07. The lowest BCUT2D eigenvalue weighted by Gasteiger charge is -2.20. The number of hydrogen-bond acceptors (Lipinski definition) is 3. The van der Waals surface area contributed by atoms with Crippen LogP contribution in [0.25, 0.3) is 0 Å². The van der Waals surface area contributed by atoms with E-state index in [9.17, 15) is 13.2 Å². The highest BCUT2D eigenvalue weighted by Crippen LogP contribution is 2.22. The van der Waals surface area contributed by atoms with E-state index in [1.807, 2.05) is 6.92 Å². The third-order valence-corrected chi connectivity index (χ3v) is 4.03. The van der Waals surface area contributed by atoms with Crippen molar-refractivity contribution in [1.82, 2.24) is 4.90 Å². The number of carbonyl (C=O) groups excluding carboxylic acids is 1. The average molecular weight is 302 g/mol. The second kappa shape index (κ2) is 6.21. The monoisotopic (exact) mass is 301 g/mol. The first-order valence-electron chi connectivity index (χ1n) is 5.76. The molecule has 0 bridgehead atoms. The van der Waals surface area contributed by atoms with Gasteiger partial charge in [-0.15, -0.1) is 6.58 Å². The van der Waals surface area contributed by atoms with Crippen LogP contribution >= 0.6 is 10.7 Å². The fraction of sp³-hybridized carbons (Fsp3) is 0.308. The summed E-state index contributed by atoms with van der Waals surface area (Å²) in [4.78, 5) is 13.7. The molecular formula is C13H16ClNO3S. The molecule has 1 amide bonds. The first-order chi connectivity index (χ1) is 8.81. The molecule has 0 radical (unpaired) electrons. The van der Waals surface area contributed by atoms with Gasteiger partial charge < -0.3 is 4.90 Å². The van der Waals surface area contributed by atoms with Gasteiger partial charge in [0, 0.05) is 23.8 Å². The summed E-state index contributed by atoms with van der Waals surface area (Å²) in [6.07, 6.45) is 1.59. The van der Waals surface area contributed by atoms with Crippen molar-refractivity contribution in [2.75, 3.05) is 13.1 Å². The molecule has 1 aromatic carbocycles. The molecule has 0 spiro atoms. The smallest absolute Gasteiger partial charge is 0.262 e. The van der Waals surface area contributed by atoms with Crippen LogP contribution in [0.4, 0.5) is 0 Å². The van der Waals surface area contributed by atoms with E-state index in [0.717, 1.165) is 5.56 Å². The SMILES string of the molecule is C=CCN(CC)C(=O)c1cc(C)ccc1S(=O)(=O)Cl. The number of hydrogen-bond donors (Lipinski definition) is 0. The van der Waals surface area contributed by atoms with E-state index < -0.39 is 9.05 Å². The fourth-order valence-corrected chi connectivity index (χ4v) is 2.75. The van der Waals surface area contributed by atoms with Gasteiger partial charge in [0.15, 0.2) is 0 Å². The van der Waals surface area contributed by atoms with Crippen molar-refractivity contribution in [1.29, 1.82) is 0 Å². The zero-order chi connectivity index (χ0) is 14.6. The van der Waals surface area contributed by atoms with E-state index in [0.29, 0.717) is 13.1 Å². The zero-order valence-electron chi connectivity index (χ0n) is 10.9. The van der Waals surface area contributed by atoms with Crippen molar-refractivity contribution < 1.29 is 13.2 Å². The van der Waals surface area contributed by atoms with Gasteiger partial charge in [-0.1, -0.05) is 17.7 Å². The Kier molecular flexibility index (Phi) is 5.14. The Labute approximate surface area is 118 Å². The van der Waals surface area contributed by atoms with Crippen molar-refractivity contribution in [2.45, 2.75) is 18.7 Å². The predicted molar refractivity (Wildman–Crippen MR) is 76.0 cm³/mol. The number of amides is 1. The molecule has 0 aromatic heterocycles. The van der Waals surface area contributed by atoms with Crippen molar-refractivity contribution in [3.8, 4) is 0 Å². The number of halogens is 1. The molecule has 1 aromatic rings. The summed E-state index contributed by atoms with van der Waals surface area (Å²) < 4.78 is 23.0. The number of carbonyl (C=O) groups is 1. The minimum absolute atomic E-state index is 0.0960. The number of benzene rings is 1. The molecule has 6 heteroatoms. The number of aryl methyl sites for hydroxylation is 1. The van der Waals surface area contributed by atoms with Gasteiger partial charge >= 0.3 is 0 Å². The number of likely N-dealkylation sites (N-methyl/N-ethyl adjacent to an activating group) is 1. The third-order valence-electron chi connectivity index (χ3n) is 2.65. The lowest BCUT2D eigenvalue weighted by atomic mass is 10.1. The zero-order valence-corrected chi connectivity index (χ0v) is 12.5. The maximum absolute atomic E-state index is 12.3. The summed E-state index contributed by atoms with van der Waals surface area (Å²) in [7, 11) is 1.41. The molecule has 0 unspecified atom stereocenters. The Hall–Kier alpha value is -1.33. The highest BCUT2D eigenvalue weighted by atomic mass is 35.7. The summed E-state index contributed by atoms with van der Waals surface area (Å²) in [6.45, 7) is 7.98. The fourth-order valence-electron chi connectivity index (χ4n) is 1.71. The predicted octanol–water partition coefficient (Wildman–Crippen LogP) is 2.57. The molecule has 19 heavy (non-hydrogen) atoms. The van der Waals surface area contributed by atoms with Crippen LogP contribution in [0.1, 0.15) is 22.8 Å². The number of rotatable bonds is 5. The van der Waals surface area contributed by atoms with Crippen LogP contribution in [0.15, 0.2) is 35.7 Å². The highest BCUT2D eigenvalue weighted by molar-refractivity contribution is 8.13. The quantitative estimate of drug-likeness (QED) is 0.620. The van der Waals surface area contributed by atoms with Gasteiger partial charge in [-0.2, -0.15) is 0 Å². The molecule has 0 aliphatic heterocycles. The molecule has 0 aliphatic carbocycles. The first kappa shape index (κ1) is 15.7. The van der Waals surface area contributed by atoms with Crippen LogP contribution in [0.3, 0.4) is 0 Å². The normalized spacial score (nSPS) is 11.1. The lowest BCUT2D eigenvalue weighted by molar-refractivity contribution is 0.0778. The maximum atomic E-state index is 12.3. The van der Waals surface area contributed by atoms with Crippen LogP contribution in [0.2, 0.25) is 0 Å². The largest absolute Gasteiger partial charge is 0.335 e. The minimum atomic E-state index is -3.95. The van der Waals surface area contributed by atoms with Crippen molar-refractivity contribution in [3.05, 3.63) is 42.0 Å². The van der Waals surface area contributed by atoms with E-state index >= 15 is 0 Å². The average Bonchev–Trinajstić information content (AvgIpc) is 2.33. The molecule has 0 aliphatic rings. The molecular weight excluding hydrogens is 286 g/mol. The summed E-state index contributed by atoms with van der Waals surface area (Å²) in [5.74, 6) is -0.370. The van der Waals surface area contributed by atoms with Crippen LogP contribution in [-0.4, -0.2) is 32.3 Å². The van der Waals surface area contributed by atoms with Gasteiger partial charge in [-0.25, -0.2) is 8.42 Å². The molecule has 104 valence electrons. The van der Waals surface area contributed by atoms with E-state index in [4.69, 9.17) is 10.7 Å². The molecule has 0 heterocycles. The van der Waals surface area contributed by atoms with E-state index in [1.165, 1.54) is 17.0 Å². The highest BCUT2D eigenvalue weighted by Gasteiger charge is 2.23. The van der Waals surface area contributed by atoms with E-state index in [-0.39, 0.29) is 16.4 Å². The van der Waals surface area contributed by atoms with Crippen molar-refractivity contribution in [2.24, 2.45) is 0 Å². The van der Waals surface area contributed by atoms with Crippen LogP contribution in [-0.2, 0) is 9.05 Å². The lowest BCUT2D eigenvalue weighted by Crippen LogP contribution is -2.31. The first-order valence-corrected chi connectivity index (χ1v) is 8.07. The minimum Gasteiger partial charge on any atom is -0.335 e. The Morgan fingerprint density at radius 1 is 1.47 bits per heavy atom. The summed E-state index contributed by atoms with van der Waals surface area (Å²) in [5.41, 5.74) is 0.890. The van der Waals surface area contributed by atoms with Crippen molar-refractivity contribution >= 4 is 25.6 Å². The Morgan fingerprint density at radius 2 is 2.11 bits per heavy atom.